The molecule has 18 heavy (non-hydrogen) atoms. The summed E-state index contributed by atoms with van der Waals surface area (Å²) < 4.78 is 0. The molecular formula is C13H14ClN3O. The van der Waals surface area contributed by atoms with Crippen LogP contribution in [0.1, 0.15) is 27.3 Å². The number of nitrogens with zero attached hydrogens (tertiary/aromatic N) is 1. The van der Waals surface area contributed by atoms with Gasteiger partial charge in [-0.15, -0.1) is 0 Å². The molecule has 0 aliphatic carbocycles. The van der Waals surface area contributed by atoms with Crippen LogP contribution in [0, 0.1) is 13.8 Å². The SMILES string of the molecule is Cc1n[nH]c(C)c1C(=O)NCc1cccc(Cl)c1. The van der Waals surface area contributed by atoms with Crippen LogP contribution in [-0.4, -0.2) is 16.1 Å². The molecule has 0 spiro atoms. The average molecular weight is 264 g/mol. The molecule has 0 atom stereocenters. The second-order valence-electron chi connectivity index (χ2n) is 4.12. The first-order valence-corrected chi connectivity index (χ1v) is 6.00. The normalized spacial score (nSPS) is 10.4. The predicted molar refractivity (Wildman–Crippen MR) is 70.7 cm³/mol. The van der Waals surface area contributed by atoms with E-state index < -0.39 is 0 Å². The first kappa shape index (κ1) is 12.6. The van der Waals surface area contributed by atoms with Crippen LogP contribution in [0.3, 0.4) is 0 Å². The number of rotatable bonds is 3. The Labute approximate surface area is 110 Å². The zero-order valence-corrected chi connectivity index (χ0v) is 11.0. The van der Waals surface area contributed by atoms with Crippen LogP contribution in [0.4, 0.5) is 0 Å². The zero-order chi connectivity index (χ0) is 13.1. The molecule has 1 amide bonds. The Morgan fingerprint density at radius 2 is 2.22 bits per heavy atom. The third-order valence-corrected chi connectivity index (χ3v) is 2.93. The van der Waals surface area contributed by atoms with E-state index in [1.807, 2.05) is 25.1 Å². The van der Waals surface area contributed by atoms with E-state index in [-0.39, 0.29) is 5.91 Å². The first-order valence-electron chi connectivity index (χ1n) is 5.62. The number of amides is 1. The first-order chi connectivity index (χ1) is 8.58. The standard InChI is InChI=1S/C13H14ClN3O/c1-8-12(9(2)17-16-8)13(18)15-7-10-4-3-5-11(14)6-10/h3-6H,7H2,1-2H3,(H,15,18)(H,16,17). The van der Waals surface area contributed by atoms with Gasteiger partial charge in [0.25, 0.3) is 5.91 Å². The molecule has 1 aromatic carbocycles. The molecule has 94 valence electrons. The van der Waals surface area contributed by atoms with Gasteiger partial charge in [-0.1, -0.05) is 23.7 Å². The third-order valence-electron chi connectivity index (χ3n) is 2.70. The molecule has 0 unspecified atom stereocenters. The monoisotopic (exact) mass is 263 g/mol. The van der Waals surface area contributed by atoms with Gasteiger partial charge in [0.1, 0.15) is 0 Å². The molecule has 2 aromatic rings. The summed E-state index contributed by atoms with van der Waals surface area (Å²) in [6.07, 6.45) is 0. The second kappa shape index (κ2) is 5.23. The van der Waals surface area contributed by atoms with Crippen LogP contribution >= 0.6 is 11.6 Å². The van der Waals surface area contributed by atoms with E-state index in [0.717, 1.165) is 11.3 Å². The van der Waals surface area contributed by atoms with Crippen LogP contribution in [0.15, 0.2) is 24.3 Å². The molecule has 2 N–H and O–H groups in total. The maximum absolute atomic E-state index is 12.0. The van der Waals surface area contributed by atoms with Crippen molar-refractivity contribution in [2.24, 2.45) is 0 Å². The van der Waals surface area contributed by atoms with Gasteiger partial charge in [0.15, 0.2) is 0 Å². The minimum Gasteiger partial charge on any atom is -0.348 e. The van der Waals surface area contributed by atoms with Crippen LogP contribution < -0.4 is 5.32 Å². The zero-order valence-electron chi connectivity index (χ0n) is 10.2. The van der Waals surface area contributed by atoms with Crippen molar-refractivity contribution in [2.45, 2.75) is 20.4 Å². The van der Waals surface area contributed by atoms with Gasteiger partial charge in [0.2, 0.25) is 0 Å². The number of carbonyl (C=O) groups excluding carboxylic acids is 1. The van der Waals surface area contributed by atoms with Crippen LogP contribution in [0.25, 0.3) is 0 Å². The average Bonchev–Trinajstić information content (AvgIpc) is 2.66. The van der Waals surface area contributed by atoms with Gasteiger partial charge in [0, 0.05) is 17.3 Å². The number of aromatic amines is 1. The van der Waals surface area contributed by atoms with Crippen molar-refractivity contribution in [1.29, 1.82) is 0 Å². The highest BCUT2D eigenvalue weighted by Gasteiger charge is 2.14. The predicted octanol–water partition coefficient (Wildman–Crippen LogP) is 2.61. The van der Waals surface area contributed by atoms with Crippen molar-refractivity contribution in [2.75, 3.05) is 0 Å². The molecule has 0 radical (unpaired) electrons. The number of nitrogens with one attached hydrogen (secondary N) is 2. The Balaban J connectivity index is 2.05. The van der Waals surface area contributed by atoms with Crippen LogP contribution in [0.2, 0.25) is 5.02 Å². The number of benzene rings is 1. The molecule has 0 aliphatic rings. The van der Waals surface area contributed by atoms with Crippen molar-refractivity contribution in [1.82, 2.24) is 15.5 Å². The highest BCUT2D eigenvalue weighted by molar-refractivity contribution is 6.30. The quantitative estimate of drug-likeness (QED) is 0.894. The summed E-state index contributed by atoms with van der Waals surface area (Å²) in [7, 11) is 0. The number of hydrogen-bond donors (Lipinski definition) is 2. The Morgan fingerprint density at radius 1 is 1.44 bits per heavy atom. The lowest BCUT2D eigenvalue weighted by Gasteiger charge is -2.05. The highest BCUT2D eigenvalue weighted by atomic mass is 35.5. The van der Waals surface area contributed by atoms with Gasteiger partial charge in [-0.2, -0.15) is 5.10 Å². The minimum absolute atomic E-state index is 0.126. The van der Waals surface area contributed by atoms with E-state index in [0.29, 0.717) is 22.8 Å². The Bertz CT molecular complexity index is 558. The van der Waals surface area contributed by atoms with Gasteiger partial charge in [-0.3, -0.25) is 9.89 Å². The topological polar surface area (TPSA) is 57.8 Å². The van der Waals surface area contributed by atoms with Gasteiger partial charge >= 0.3 is 0 Å². The summed E-state index contributed by atoms with van der Waals surface area (Å²) in [6.45, 7) is 4.08. The molecule has 0 saturated carbocycles. The number of aromatic nitrogens is 2. The molecule has 0 bridgehead atoms. The molecule has 4 nitrogen and oxygen atoms in total. The summed E-state index contributed by atoms with van der Waals surface area (Å²) in [6, 6.07) is 7.41. The molecular weight excluding hydrogens is 250 g/mol. The fourth-order valence-electron chi connectivity index (χ4n) is 1.80. The maximum atomic E-state index is 12.0. The maximum Gasteiger partial charge on any atom is 0.255 e. The van der Waals surface area contributed by atoms with Gasteiger partial charge in [-0.05, 0) is 31.5 Å². The summed E-state index contributed by atoms with van der Waals surface area (Å²) >= 11 is 5.88. The Morgan fingerprint density at radius 3 is 2.83 bits per heavy atom. The summed E-state index contributed by atoms with van der Waals surface area (Å²) in [4.78, 5) is 12.0. The van der Waals surface area contributed by atoms with E-state index in [1.165, 1.54) is 0 Å². The lowest BCUT2D eigenvalue weighted by Crippen LogP contribution is -2.23. The van der Waals surface area contributed by atoms with Gasteiger partial charge < -0.3 is 5.32 Å². The fraction of sp³-hybridized carbons (Fsp3) is 0.231. The summed E-state index contributed by atoms with van der Waals surface area (Å²) in [5.74, 6) is -0.126. The Kier molecular flexibility index (Phi) is 3.67. The number of carbonyl (C=O) groups is 1. The number of aryl methyl sites for hydroxylation is 2. The molecule has 2 rings (SSSR count). The van der Waals surface area contributed by atoms with Crippen molar-refractivity contribution < 1.29 is 4.79 Å². The molecule has 0 aliphatic heterocycles. The van der Waals surface area contributed by atoms with Gasteiger partial charge in [0.05, 0.1) is 11.3 Å². The summed E-state index contributed by atoms with van der Waals surface area (Å²) in [5.41, 5.74) is 3.05. The largest absolute Gasteiger partial charge is 0.348 e. The molecule has 0 saturated heterocycles. The third kappa shape index (κ3) is 2.71. The van der Waals surface area contributed by atoms with E-state index in [9.17, 15) is 4.79 Å². The minimum atomic E-state index is -0.126. The van der Waals surface area contributed by atoms with E-state index in [1.54, 1.807) is 13.0 Å². The highest BCUT2D eigenvalue weighted by Crippen LogP contribution is 2.12. The number of hydrogen-bond acceptors (Lipinski definition) is 2. The second-order valence-corrected chi connectivity index (χ2v) is 4.56. The fourth-order valence-corrected chi connectivity index (χ4v) is 2.02. The summed E-state index contributed by atoms with van der Waals surface area (Å²) in [5, 5.41) is 10.3. The smallest absolute Gasteiger partial charge is 0.255 e. The van der Waals surface area contributed by atoms with Crippen molar-refractivity contribution in [3.05, 3.63) is 51.8 Å². The van der Waals surface area contributed by atoms with Gasteiger partial charge in [-0.25, -0.2) is 0 Å². The van der Waals surface area contributed by atoms with E-state index in [4.69, 9.17) is 11.6 Å². The van der Waals surface area contributed by atoms with Crippen molar-refractivity contribution >= 4 is 17.5 Å². The number of H-pyrrole nitrogens is 1. The number of halogens is 1. The van der Waals surface area contributed by atoms with Crippen LogP contribution in [0.5, 0.6) is 0 Å². The molecule has 0 fully saturated rings. The molecule has 5 heteroatoms. The lowest BCUT2D eigenvalue weighted by molar-refractivity contribution is 0.0950. The lowest BCUT2D eigenvalue weighted by atomic mass is 10.1. The van der Waals surface area contributed by atoms with Crippen molar-refractivity contribution in [3.63, 3.8) is 0 Å². The van der Waals surface area contributed by atoms with Crippen molar-refractivity contribution in [3.8, 4) is 0 Å². The van der Waals surface area contributed by atoms with Crippen LogP contribution in [-0.2, 0) is 6.54 Å². The molecule has 1 aromatic heterocycles. The Hall–Kier alpha value is -1.81. The van der Waals surface area contributed by atoms with E-state index >= 15 is 0 Å². The van der Waals surface area contributed by atoms with E-state index in [2.05, 4.69) is 15.5 Å². The molecule has 1 heterocycles.